The van der Waals surface area contributed by atoms with Crippen LogP contribution in [0, 0.1) is 5.41 Å². The minimum Gasteiger partial charge on any atom is -0.469 e. The van der Waals surface area contributed by atoms with Gasteiger partial charge >= 0.3 is 0 Å². The second kappa shape index (κ2) is 4.49. The molecule has 0 aliphatic heterocycles. The zero-order chi connectivity index (χ0) is 13.6. The third-order valence-corrected chi connectivity index (χ3v) is 5.21. The van der Waals surface area contributed by atoms with Crippen molar-refractivity contribution in [3.63, 3.8) is 0 Å². The summed E-state index contributed by atoms with van der Waals surface area (Å²) < 4.78 is 20.9. The molecule has 0 bridgehead atoms. The molecular formula is C14H23NO2S. The van der Waals surface area contributed by atoms with E-state index in [1.807, 2.05) is 26.8 Å². The van der Waals surface area contributed by atoms with Gasteiger partial charge in [0.15, 0.2) is 0 Å². The van der Waals surface area contributed by atoms with E-state index in [2.05, 4.69) is 18.6 Å². The minimum absolute atomic E-state index is 0.0950. The fraction of sp³-hybridized carbons (Fsp3) is 0.714. The van der Waals surface area contributed by atoms with Crippen LogP contribution in [0.15, 0.2) is 16.7 Å². The molecule has 1 aromatic rings. The normalized spacial score (nSPS) is 24.6. The van der Waals surface area contributed by atoms with Crippen LogP contribution in [0.3, 0.4) is 0 Å². The van der Waals surface area contributed by atoms with Crippen LogP contribution in [0.4, 0.5) is 0 Å². The Morgan fingerprint density at radius 2 is 2.11 bits per heavy atom. The highest BCUT2D eigenvalue weighted by atomic mass is 32.2. The SMILES string of the molecule is CC1(C)CCc2occc2[C@@H]1N[S@@](=O)C(C)(C)C. The van der Waals surface area contributed by atoms with E-state index < -0.39 is 11.0 Å². The van der Waals surface area contributed by atoms with Gasteiger partial charge in [0.1, 0.15) is 5.76 Å². The Morgan fingerprint density at radius 1 is 1.44 bits per heavy atom. The number of fused-ring (bicyclic) bond motifs is 1. The highest BCUT2D eigenvalue weighted by Crippen LogP contribution is 2.44. The summed E-state index contributed by atoms with van der Waals surface area (Å²) in [5.41, 5.74) is 1.27. The maximum atomic E-state index is 12.3. The van der Waals surface area contributed by atoms with Crippen molar-refractivity contribution in [2.45, 2.75) is 58.2 Å². The Labute approximate surface area is 112 Å². The zero-order valence-electron chi connectivity index (χ0n) is 11.9. The third-order valence-electron chi connectivity index (χ3n) is 3.65. The molecule has 0 amide bonds. The van der Waals surface area contributed by atoms with E-state index in [0.717, 1.165) is 18.6 Å². The van der Waals surface area contributed by atoms with Crippen molar-refractivity contribution in [2.24, 2.45) is 5.41 Å². The van der Waals surface area contributed by atoms with E-state index in [1.54, 1.807) is 6.26 Å². The molecule has 0 spiro atoms. The Morgan fingerprint density at radius 3 is 2.72 bits per heavy atom. The first-order chi connectivity index (χ1) is 8.22. The lowest BCUT2D eigenvalue weighted by Gasteiger charge is -2.39. The number of hydrogen-bond donors (Lipinski definition) is 1. The van der Waals surface area contributed by atoms with Crippen LogP contribution in [0.5, 0.6) is 0 Å². The summed E-state index contributed by atoms with van der Waals surface area (Å²) in [7, 11) is -1.06. The summed E-state index contributed by atoms with van der Waals surface area (Å²) >= 11 is 0. The van der Waals surface area contributed by atoms with Crippen molar-refractivity contribution in [2.75, 3.05) is 0 Å². The topological polar surface area (TPSA) is 42.2 Å². The largest absolute Gasteiger partial charge is 0.469 e. The van der Waals surface area contributed by atoms with Gasteiger partial charge in [-0.3, -0.25) is 0 Å². The van der Waals surface area contributed by atoms with Gasteiger partial charge < -0.3 is 4.42 Å². The lowest BCUT2D eigenvalue weighted by molar-refractivity contribution is 0.222. The van der Waals surface area contributed by atoms with Gasteiger partial charge in [0, 0.05) is 12.0 Å². The van der Waals surface area contributed by atoms with E-state index >= 15 is 0 Å². The number of rotatable bonds is 2. The summed E-state index contributed by atoms with van der Waals surface area (Å²) in [6.07, 6.45) is 3.75. The van der Waals surface area contributed by atoms with Crippen LogP contribution in [-0.2, 0) is 17.4 Å². The van der Waals surface area contributed by atoms with Gasteiger partial charge in [-0.15, -0.1) is 0 Å². The first-order valence-corrected chi connectivity index (χ1v) is 7.61. The van der Waals surface area contributed by atoms with Crippen molar-refractivity contribution in [1.82, 2.24) is 4.72 Å². The molecule has 4 heteroatoms. The van der Waals surface area contributed by atoms with E-state index in [-0.39, 0.29) is 16.2 Å². The summed E-state index contributed by atoms with van der Waals surface area (Å²) in [6.45, 7) is 10.4. The summed E-state index contributed by atoms with van der Waals surface area (Å²) in [5, 5.41) is 0. The van der Waals surface area contributed by atoms with E-state index in [0.29, 0.717) is 0 Å². The van der Waals surface area contributed by atoms with Crippen molar-refractivity contribution in [1.29, 1.82) is 0 Å². The molecule has 1 aliphatic rings. The summed E-state index contributed by atoms with van der Waals surface area (Å²) in [6, 6.07) is 2.10. The van der Waals surface area contributed by atoms with E-state index in [9.17, 15) is 4.21 Å². The van der Waals surface area contributed by atoms with Crippen molar-refractivity contribution in [3.05, 3.63) is 23.7 Å². The fourth-order valence-corrected chi connectivity index (χ4v) is 3.33. The van der Waals surface area contributed by atoms with Crippen LogP contribution in [0.1, 0.15) is 58.4 Å². The van der Waals surface area contributed by atoms with Crippen LogP contribution in [-0.4, -0.2) is 8.96 Å². The van der Waals surface area contributed by atoms with Crippen LogP contribution in [0.25, 0.3) is 0 Å². The second-order valence-electron chi connectivity index (χ2n) is 6.72. The molecule has 0 radical (unpaired) electrons. The van der Waals surface area contributed by atoms with Gasteiger partial charge in [-0.1, -0.05) is 13.8 Å². The molecule has 2 rings (SSSR count). The average Bonchev–Trinajstić information content (AvgIpc) is 2.68. The summed E-state index contributed by atoms with van der Waals surface area (Å²) in [4.78, 5) is 0. The van der Waals surface area contributed by atoms with Gasteiger partial charge in [-0.25, -0.2) is 8.93 Å². The van der Waals surface area contributed by atoms with Gasteiger partial charge in [-0.05, 0) is 38.7 Å². The molecule has 1 N–H and O–H groups in total. The Bertz CT molecular complexity index is 457. The first-order valence-electron chi connectivity index (χ1n) is 6.46. The summed E-state index contributed by atoms with van der Waals surface area (Å²) in [5.74, 6) is 1.04. The van der Waals surface area contributed by atoms with Crippen molar-refractivity contribution < 1.29 is 8.63 Å². The van der Waals surface area contributed by atoms with Crippen molar-refractivity contribution in [3.8, 4) is 0 Å². The van der Waals surface area contributed by atoms with Crippen molar-refractivity contribution >= 4 is 11.0 Å². The number of nitrogens with one attached hydrogen (secondary N) is 1. The lowest BCUT2D eigenvalue weighted by atomic mass is 9.73. The highest BCUT2D eigenvalue weighted by molar-refractivity contribution is 7.84. The molecule has 1 heterocycles. The molecule has 3 nitrogen and oxygen atoms in total. The number of hydrogen-bond acceptors (Lipinski definition) is 2. The first kappa shape index (κ1) is 13.8. The molecule has 0 fully saturated rings. The zero-order valence-corrected chi connectivity index (χ0v) is 12.7. The lowest BCUT2D eigenvalue weighted by Crippen LogP contribution is -2.43. The highest BCUT2D eigenvalue weighted by Gasteiger charge is 2.39. The van der Waals surface area contributed by atoms with Crippen LogP contribution >= 0.6 is 0 Å². The average molecular weight is 269 g/mol. The Hall–Kier alpha value is -0.610. The maximum Gasteiger partial charge on any atom is 0.108 e. The van der Waals surface area contributed by atoms with Crippen LogP contribution in [0.2, 0.25) is 0 Å². The molecular weight excluding hydrogens is 246 g/mol. The predicted molar refractivity (Wildman–Crippen MR) is 74.6 cm³/mol. The fourth-order valence-electron chi connectivity index (χ4n) is 2.32. The monoisotopic (exact) mass is 269 g/mol. The Kier molecular flexibility index (Phi) is 3.45. The van der Waals surface area contributed by atoms with Gasteiger partial charge in [0.05, 0.1) is 28.0 Å². The standard InChI is InChI=1S/C14H23NO2S/c1-13(2,3)18(16)15-12-10-7-9-17-11(10)6-8-14(12,4)5/h7,9,12,15H,6,8H2,1-5H3/t12-,18-/m0/s1. The van der Waals surface area contributed by atoms with Gasteiger partial charge in [0.25, 0.3) is 0 Å². The molecule has 1 aromatic heterocycles. The van der Waals surface area contributed by atoms with Crippen LogP contribution < -0.4 is 4.72 Å². The van der Waals surface area contributed by atoms with E-state index in [1.165, 1.54) is 5.56 Å². The number of furan rings is 1. The number of aryl methyl sites for hydroxylation is 1. The molecule has 102 valence electrons. The molecule has 0 unspecified atom stereocenters. The van der Waals surface area contributed by atoms with Gasteiger partial charge in [-0.2, -0.15) is 0 Å². The van der Waals surface area contributed by atoms with Gasteiger partial charge in [0.2, 0.25) is 0 Å². The molecule has 2 atom stereocenters. The second-order valence-corrected chi connectivity index (χ2v) is 8.72. The molecule has 0 aromatic carbocycles. The third kappa shape index (κ3) is 2.54. The molecule has 0 saturated heterocycles. The van der Waals surface area contributed by atoms with E-state index in [4.69, 9.17) is 4.42 Å². The predicted octanol–water partition coefficient (Wildman–Crippen LogP) is 3.34. The smallest absolute Gasteiger partial charge is 0.108 e. The maximum absolute atomic E-state index is 12.3. The molecule has 0 saturated carbocycles. The Balaban J connectivity index is 2.28. The quantitative estimate of drug-likeness (QED) is 0.894. The molecule has 1 aliphatic carbocycles. The molecule has 18 heavy (non-hydrogen) atoms. The minimum atomic E-state index is -1.06.